The van der Waals surface area contributed by atoms with Crippen LogP contribution in [0.1, 0.15) is 17.5 Å². The van der Waals surface area contributed by atoms with E-state index in [2.05, 4.69) is 0 Å². The largest absolute Gasteiger partial charge is 0.334 e. The van der Waals surface area contributed by atoms with Crippen molar-refractivity contribution in [1.82, 2.24) is 4.90 Å². The van der Waals surface area contributed by atoms with Gasteiger partial charge in [0, 0.05) is 17.6 Å². The number of sulfone groups is 1. The second-order valence-electron chi connectivity index (χ2n) is 7.48. The first-order valence-corrected chi connectivity index (χ1v) is 11.8. The highest BCUT2D eigenvalue weighted by atomic mass is 35.5. The third-order valence-corrected chi connectivity index (χ3v) is 7.61. The van der Waals surface area contributed by atoms with Gasteiger partial charge in [0.25, 0.3) is 0 Å². The summed E-state index contributed by atoms with van der Waals surface area (Å²) < 4.78 is 24.1. The fourth-order valence-corrected chi connectivity index (χ4v) is 5.89. The number of nitrogens with zero attached hydrogens (tertiary/aromatic N) is 1. The van der Waals surface area contributed by atoms with Crippen LogP contribution in [0.2, 0.25) is 5.02 Å². The summed E-state index contributed by atoms with van der Waals surface area (Å²) in [4.78, 5) is 15.1. The van der Waals surface area contributed by atoms with Crippen LogP contribution in [-0.2, 0) is 27.6 Å². The zero-order valence-electron chi connectivity index (χ0n) is 15.9. The van der Waals surface area contributed by atoms with Crippen molar-refractivity contribution in [2.45, 2.75) is 25.4 Å². The molecule has 1 saturated heterocycles. The first-order chi connectivity index (χ1) is 13.9. The van der Waals surface area contributed by atoms with E-state index in [0.717, 1.165) is 21.9 Å². The topological polar surface area (TPSA) is 54.5 Å². The van der Waals surface area contributed by atoms with Gasteiger partial charge in [-0.15, -0.1) is 0 Å². The van der Waals surface area contributed by atoms with Crippen LogP contribution in [0.15, 0.2) is 66.7 Å². The van der Waals surface area contributed by atoms with Gasteiger partial charge in [-0.25, -0.2) is 8.42 Å². The highest BCUT2D eigenvalue weighted by Crippen LogP contribution is 2.25. The Bertz CT molecular complexity index is 1150. The summed E-state index contributed by atoms with van der Waals surface area (Å²) in [7, 11) is -3.11. The molecule has 1 aliphatic rings. The third-order valence-electron chi connectivity index (χ3n) is 5.49. The van der Waals surface area contributed by atoms with Gasteiger partial charge in [0.15, 0.2) is 9.84 Å². The van der Waals surface area contributed by atoms with E-state index in [9.17, 15) is 13.2 Å². The summed E-state index contributed by atoms with van der Waals surface area (Å²) in [6, 6.07) is 21.0. The molecule has 1 fully saturated rings. The molecule has 0 radical (unpaired) electrons. The van der Waals surface area contributed by atoms with E-state index in [-0.39, 0.29) is 29.9 Å². The van der Waals surface area contributed by atoms with Crippen molar-refractivity contribution in [3.63, 3.8) is 0 Å². The van der Waals surface area contributed by atoms with Gasteiger partial charge >= 0.3 is 0 Å². The van der Waals surface area contributed by atoms with Crippen molar-refractivity contribution < 1.29 is 13.2 Å². The molecule has 3 aromatic carbocycles. The molecule has 4 nitrogen and oxygen atoms in total. The van der Waals surface area contributed by atoms with Crippen LogP contribution in [0, 0.1) is 0 Å². The molecule has 3 aromatic rings. The Hall–Kier alpha value is -2.37. The minimum absolute atomic E-state index is 0.0126. The average molecular weight is 428 g/mol. The first-order valence-electron chi connectivity index (χ1n) is 9.63. The molecule has 150 valence electrons. The smallest absolute Gasteiger partial charge is 0.227 e. The van der Waals surface area contributed by atoms with Crippen LogP contribution in [0.4, 0.5) is 0 Å². The molecule has 0 N–H and O–H groups in total. The zero-order valence-corrected chi connectivity index (χ0v) is 17.5. The maximum absolute atomic E-state index is 13.4. The number of carbonyl (C=O) groups excluding carboxylic acids is 1. The maximum Gasteiger partial charge on any atom is 0.227 e. The van der Waals surface area contributed by atoms with E-state index in [4.69, 9.17) is 11.6 Å². The number of hydrogen-bond donors (Lipinski definition) is 0. The fraction of sp³-hybridized carbons (Fsp3) is 0.261. The molecular weight excluding hydrogens is 406 g/mol. The number of fused-ring (bicyclic) bond motifs is 1. The van der Waals surface area contributed by atoms with Crippen LogP contribution < -0.4 is 0 Å². The van der Waals surface area contributed by atoms with Gasteiger partial charge in [-0.3, -0.25) is 4.79 Å². The molecule has 6 heteroatoms. The first kappa shape index (κ1) is 19.9. The molecule has 0 saturated carbocycles. The normalized spacial score (nSPS) is 18.0. The summed E-state index contributed by atoms with van der Waals surface area (Å²) >= 11 is 6.32. The molecule has 4 rings (SSSR count). The minimum Gasteiger partial charge on any atom is -0.334 e. The number of benzene rings is 3. The Balaban J connectivity index is 1.64. The van der Waals surface area contributed by atoms with Crippen LogP contribution >= 0.6 is 11.6 Å². The average Bonchev–Trinajstić information content (AvgIpc) is 3.07. The van der Waals surface area contributed by atoms with Gasteiger partial charge in [0.2, 0.25) is 5.91 Å². The Morgan fingerprint density at radius 1 is 0.966 bits per heavy atom. The highest BCUT2D eigenvalue weighted by Gasteiger charge is 2.35. The van der Waals surface area contributed by atoms with E-state index in [1.54, 1.807) is 11.0 Å². The molecule has 1 atom stereocenters. The lowest BCUT2D eigenvalue weighted by Gasteiger charge is -2.29. The predicted octanol–water partition coefficient (Wildman–Crippen LogP) is 4.25. The molecule has 1 aliphatic heterocycles. The Morgan fingerprint density at radius 3 is 2.41 bits per heavy atom. The lowest BCUT2D eigenvalue weighted by molar-refractivity contribution is -0.133. The fourth-order valence-electron chi connectivity index (χ4n) is 3.96. The van der Waals surface area contributed by atoms with E-state index >= 15 is 0 Å². The monoisotopic (exact) mass is 427 g/mol. The van der Waals surface area contributed by atoms with E-state index < -0.39 is 9.84 Å². The van der Waals surface area contributed by atoms with Gasteiger partial charge < -0.3 is 4.90 Å². The molecule has 29 heavy (non-hydrogen) atoms. The lowest BCUT2D eigenvalue weighted by Crippen LogP contribution is -2.41. The highest BCUT2D eigenvalue weighted by molar-refractivity contribution is 7.91. The van der Waals surface area contributed by atoms with Crippen LogP contribution in [0.3, 0.4) is 0 Å². The zero-order chi connectivity index (χ0) is 20.4. The van der Waals surface area contributed by atoms with Gasteiger partial charge in [-0.2, -0.15) is 0 Å². The van der Waals surface area contributed by atoms with Gasteiger partial charge in [-0.05, 0) is 34.4 Å². The standard InChI is InChI=1S/C23H22ClNO3S/c24-22-11-4-2-7-19(22)15-25(20-12-13-29(27,28)16-20)23(26)14-18-9-5-8-17-6-1-3-10-21(17)18/h1-11,20H,12-16H2/t20-/m0/s1. The van der Waals surface area contributed by atoms with E-state index in [1.165, 1.54) is 0 Å². The van der Waals surface area contributed by atoms with Crippen LogP contribution in [0.25, 0.3) is 10.8 Å². The summed E-state index contributed by atoms with van der Waals surface area (Å²) in [5, 5.41) is 2.70. The quantitative estimate of drug-likeness (QED) is 0.611. The number of halogens is 1. The summed E-state index contributed by atoms with van der Waals surface area (Å²) in [6.45, 7) is 0.309. The van der Waals surface area contributed by atoms with Gasteiger partial charge in [-0.1, -0.05) is 72.3 Å². The van der Waals surface area contributed by atoms with Crippen LogP contribution in [-0.4, -0.2) is 36.8 Å². The number of carbonyl (C=O) groups is 1. The van der Waals surface area contributed by atoms with Crippen molar-refractivity contribution >= 4 is 38.1 Å². The number of rotatable bonds is 5. The minimum atomic E-state index is -3.11. The van der Waals surface area contributed by atoms with Crippen molar-refractivity contribution in [3.05, 3.63) is 82.9 Å². The third kappa shape index (κ3) is 4.46. The molecular formula is C23H22ClNO3S. The summed E-state index contributed by atoms with van der Waals surface area (Å²) in [5.41, 5.74) is 1.77. The van der Waals surface area contributed by atoms with Crippen molar-refractivity contribution in [2.24, 2.45) is 0 Å². The van der Waals surface area contributed by atoms with Crippen molar-refractivity contribution in [3.8, 4) is 0 Å². The van der Waals surface area contributed by atoms with Crippen LogP contribution in [0.5, 0.6) is 0 Å². The second-order valence-corrected chi connectivity index (χ2v) is 10.1. The maximum atomic E-state index is 13.4. The molecule has 0 aliphatic carbocycles. The van der Waals surface area contributed by atoms with Crippen molar-refractivity contribution in [2.75, 3.05) is 11.5 Å². The molecule has 0 bridgehead atoms. The summed E-state index contributed by atoms with van der Waals surface area (Å²) in [6.07, 6.45) is 0.691. The molecule has 0 spiro atoms. The SMILES string of the molecule is O=C(Cc1cccc2ccccc12)N(Cc1ccccc1Cl)[C@H]1CCS(=O)(=O)C1. The van der Waals surface area contributed by atoms with Crippen molar-refractivity contribution in [1.29, 1.82) is 0 Å². The number of hydrogen-bond acceptors (Lipinski definition) is 3. The van der Waals surface area contributed by atoms with Gasteiger partial charge in [0.1, 0.15) is 0 Å². The van der Waals surface area contributed by atoms with E-state index in [0.29, 0.717) is 18.0 Å². The Kier molecular flexibility index (Phi) is 5.61. The Morgan fingerprint density at radius 2 is 1.66 bits per heavy atom. The Labute approximate surface area is 176 Å². The molecule has 1 heterocycles. The lowest BCUT2D eigenvalue weighted by atomic mass is 10.0. The molecule has 1 amide bonds. The molecule has 0 aromatic heterocycles. The molecule has 0 unspecified atom stereocenters. The van der Waals surface area contributed by atoms with E-state index in [1.807, 2.05) is 60.7 Å². The number of amides is 1. The van der Waals surface area contributed by atoms with Gasteiger partial charge in [0.05, 0.1) is 17.9 Å². The predicted molar refractivity (Wildman–Crippen MR) is 117 cm³/mol. The second kappa shape index (κ2) is 8.17. The summed E-state index contributed by atoms with van der Waals surface area (Å²) in [5.74, 6) is 0.0557.